The van der Waals surface area contributed by atoms with Crippen molar-refractivity contribution in [1.82, 2.24) is 9.78 Å². The van der Waals surface area contributed by atoms with E-state index in [1.54, 1.807) is 4.68 Å². The second kappa shape index (κ2) is 6.12. The number of hydrogen-bond donors (Lipinski definition) is 1. The number of hydrogen-bond acceptors (Lipinski definition) is 5. The van der Waals surface area contributed by atoms with Crippen molar-refractivity contribution in [3.8, 4) is 0 Å². The van der Waals surface area contributed by atoms with Crippen LogP contribution in [0.3, 0.4) is 0 Å². The molecule has 94 valence electrons. The lowest BCUT2D eigenvalue weighted by molar-refractivity contribution is -0.115. The molecule has 0 radical (unpaired) electrons. The normalized spacial score (nSPS) is 10.4. The molecule has 0 aliphatic carbocycles. The van der Waals surface area contributed by atoms with Gasteiger partial charge in [0.05, 0.1) is 12.3 Å². The van der Waals surface area contributed by atoms with E-state index < -0.39 is 0 Å². The van der Waals surface area contributed by atoms with Crippen molar-refractivity contribution < 1.29 is 4.79 Å². The van der Waals surface area contributed by atoms with Gasteiger partial charge in [-0.1, -0.05) is 53.4 Å². The molecule has 0 unspecified atom stereocenters. The Labute approximate surface area is 118 Å². The number of amides is 1. The molecule has 1 amide bonds. The van der Waals surface area contributed by atoms with E-state index in [4.69, 9.17) is 18.0 Å². The van der Waals surface area contributed by atoms with Crippen molar-refractivity contribution in [3.63, 3.8) is 0 Å². The van der Waals surface area contributed by atoms with Crippen LogP contribution in [0.25, 0.3) is 0 Å². The minimum Gasteiger partial charge on any atom is -0.369 e. The number of thioether (sulfide) groups is 1. The predicted octanol–water partition coefficient (Wildman–Crippen LogP) is 2.30. The Balaban J connectivity index is 2.10. The Morgan fingerprint density at radius 1 is 1.44 bits per heavy atom. The molecule has 7 heteroatoms. The second-order valence-corrected chi connectivity index (χ2v) is 6.38. The average molecular weight is 297 g/mol. The van der Waals surface area contributed by atoms with E-state index in [0.29, 0.717) is 10.5 Å². The highest BCUT2D eigenvalue weighted by Crippen LogP contribution is 2.22. The van der Waals surface area contributed by atoms with Crippen molar-refractivity contribution >= 4 is 41.2 Å². The van der Waals surface area contributed by atoms with E-state index in [9.17, 15) is 4.79 Å². The van der Waals surface area contributed by atoms with Gasteiger partial charge in [-0.25, -0.2) is 4.68 Å². The maximum Gasteiger partial charge on any atom is 0.227 e. The summed E-state index contributed by atoms with van der Waals surface area (Å²) in [6, 6.07) is 9.98. The zero-order valence-corrected chi connectivity index (χ0v) is 11.9. The van der Waals surface area contributed by atoms with Gasteiger partial charge in [-0.2, -0.15) is 5.10 Å². The number of nitrogens with zero attached hydrogens (tertiary/aromatic N) is 2. The second-order valence-electron chi connectivity index (χ2n) is 3.53. The van der Waals surface area contributed by atoms with Gasteiger partial charge in [0, 0.05) is 0 Å². The number of carbonyl (C=O) groups excluding carboxylic acids is 1. The van der Waals surface area contributed by atoms with Gasteiger partial charge in [-0.3, -0.25) is 4.79 Å². The Morgan fingerprint density at radius 2 is 2.17 bits per heavy atom. The number of primary amides is 1. The van der Waals surface area contributed by atoms with Crippen LogP contribution in [0.15, 0.2) is 34.7 Å². The molecule has 0 bridgehead atoms. The fourth-order valence-electron chi connectivity index (χ4n) is 1.33. The largest absolute Gasteiger partial charge is 0.369 e. The van der Waals surface area contributed by atoms with Crippen molar-refractivity contribution in [3.05, 3.63) is 39.8 Å². The Kier molecular flexibility index (Phi) is 4.51. The maximum atomic E-state index is 10.7. The Bertz CT molecular complexity index is 591. The molecule has 1 aromatic heterocycles. The standard InChI is InChI=1S/C11H11N3OS3/c12-9(15)7-17-10-13-14(11(16)18-10)6-8-4-2-1-3-5-8/h1-5H,6-7H2,(H2,12,15). The molecule has 0 aliphatic heterocycles. The maximum absolute atomic E-state index is 10.7. The zero-order valence-electron chi connectivity index (χ0n) is 9.41. The topological polar surface area (TPSA) is 60.9 Å². The lowest BCUT2D eigenvalue weighted by Gasteiger charge is -2.00. The van der Waals surface area contributed by atoms with E-state index in [2.05, 4.69) is 5.10 Å². The third kappa shape index (κ3) is 3.66. The highest BCUT2D eigenvalue weighted by molar-refractivity contribution is 8.01. The third-order valence-corrected chi connectivity index (χ3v) is 4.56. The number of rotatable bonds is 5. The van der Waals surface area contributed by atoms with Crippen LogP contribution in [0.1, 0.15) is 5.56 Å². The molecule has 0 spiro atoms. The minimum atomic E-state index is -0.351. The summed E-state index contributed by atoms with van der Waals surface area (Å²) in [6.07, 6.45) is 0. The van der Waals surface area contributed by atoms with Crippen LogP contribution in [-0.2, 0) is 11.3 Å². The highest BCUT2D eigenvalue weighted by Gasteiger charge is 2.06. The lowest BCUT2D eigenvalue weighted by atomic mass is 10.2. The van der Waals surface area contributed by atoms with Gasteiger partial charge in [0.15, 0.2) is 8.29 Å². The highest BCUT2D eigenvalue weighted by atomic mass is 32.2. The number of nitrogens with two attached hydrogens (primary N) is 1. The van der Waals surface area contributed by atoms with Gasteiger partial charge >= 0.3 is 0 Å². The molecule has 4 nitrogen and oxygen atoms in total. The summed E-state index contributed by atoms with van der Waals surface area (Å²) in [6.45, 7) is 0.646. The van der Waals surface area contributed by atoms with Crippen LogP contribution >= 0.6 is 35.3 Å². The van der Waals surface area contributed by atoms with Crippen molar-refractivity contribution in [2.45, 2.75) is 10.9 Å². The van der Waals surface area contributed by atoms with Crippen molar-refractivity contribution in [2.75, 3.05) is 5.75 Å². The molecule has 0 saturated carbocycles. The van der Waals surface area contributed by atoms with Gasteiger partial charge in [-0.05, 0) is 17.8 Å². The van der Waals surface area contributed by atoms with Crippen molar-refractivity contribution in [1.29, 1.82) is 0 Å². The van der Waals surface area contributed by atoms with Crippen molar-refractivity contribution in [2.24, 2.45) is 5.73 Å². The summed E-state index contributed by atoms with van der Waals surface area (Å²) in [7, 11) is 0. The first-order chi connectivity index (χ1) is 8.65. The molecule has 0 saturated heterocycles. The van der Waals surface area contributed by atoms with Gasteiger partial charge < -0.3 is 5.73 Å². The lowest BCUT2D eigenvalue weighted by Crippen LogP contribution is -2.13. The van der Waals surface area contributed by atoms with Crippen LogP contribution < -0.4 is 5.73 Å². The number of benzene rings is 1. The molecular weight excluding hydrogens is 286 g/mol. The summed E-state index contributed by atoms with van der Waals surface area (Å²) < 4.78 is 3.24. The summed E-state index contributed by atoms with van der Waals surface area (Å²) in [4.78, 5) is 10.7. The van der Waals surface area contributed by atoms with E-state index in [1.807, 2.05) is 30.3 Å². The van der Waals surface area contributed by atoms with Gasteiger partial charge in [0.25, 0.3) is 0 Å². The monoisotopic (exact) mass is 297 g/mol. The van der Waals surface area contributed by atoms with E-state index in [-0.39, 0.29) is 11.7 Å². The fraction of sp³-hybridized carbons (Fsp3) is 0.182. The summed E-state index contributed by atoms with van der Waals surface area (Å²) in [5.41, 5.74) is 6.24. The SMILES string of the molecule is NC(=O)CSc1nn(Cc2ccccc2)c(=S)s1. The zero-order chi connectivity index (χ0) is 13.0. The quantitative estimate of drug-likeness (QED) is 0.679. The van der Waals surface area contributed by atoms with Gasteiger partial charge in [-0.15, -0.1) is 0 Å². The van der Waals surface area contributed by atoms with Crippen LogP contribution in [0, 0.1) is 3.95 Å². The van der Waals surface area contributed by atoms with Gasteiger partial charge in [0.1, 0.15) is 0 Å². The predicted molar refractivity (Wildman–Crippen MR) is 76.4 cm³/mol. The molecule has 1 heterocycles. The molecular formula is C11H11N3OS3. The van der Waals surface area contributed by atoms with Crippen LogP contribution in [0.2, 0.25) is 0 Å². The first kappa shape index (κ1) is 13.3. The average Bonchev–Trinajstić information content (AvgIpc) is 2.69. The van der Waals surface area contributed by atoms with E-state index >= 15 is 0 Å². The molecule has 0 atom stereocenters. The van der Waals surface area contributed by atoms with E-state index in [1.165, 1.54) is 23.1 Å². The van der Waals surface area contributed by atoms with Crippen LogP contribution in [0.5, 0.6) is 0 Å². The first-order valence-corrected chi connectivity index (χ1v) is 7.39. The molecule has 0 aliphatic rings. The van der Waals surface area contributed by atoms with E-state index in [0.717, 1.165) is 9.90 Å². The molecule has 0 fully saturated rings. The molecule has 2 N–H and O–H groups in total. The summed E-state index contributed by atoms with van der Waals surface area (Å²) >= 11 is 7.96. The molecule has 18 heavy (non-hydrogen) atoms. The Hall–Kier alpha value is -1.18. The summed E-state index contributed by atoms with van der Waals surface area (Å²) in [5.74, 6) is -0.121. The number of aromatic nitrogens is 2. The summed E-state index contributed by atoms with van der Waals surface area (Å²) in [5, 5.41) is 4.36. The molecule has 1 aromatic carbocycles. The third-order valence-electron chi connectivity index (χ3n) is 2.10. The van der Waals surface area contributed by atoms with Crippen LogP contribution in [-0.4, -0.2) is 21.4 Å². The Morgan fingerprint density at radius 3 is 2.83 bits per heavy atom. The minimum absolute atomic E-state index is 0.230. The first-order valence-electron chi connectivity index (χ1n) is 5.18. The van der Waals surface area contributed by atoms with Gasteiger partial charge in [0.2, 0.25) is 5.91 Å². The fourth-order valence-corrected chi connectivity index (χ4v) is 3.41. The molecule has 2 rings (SSSR count). The smallest absolute Gasteiger partial charge is 0.227 e. The number of carbonyl (C=O) groups is 1. The molecule has 2 aromatic rings. The van der Waals surface area contributed by atoms with Crippen LogP contribution in [0.4, 0.5) is 0 Å².